The molecule has 0 N–H and O–H groups in total. The molecule has 0 unspecified atom stereocenters. The summed E-state index contributed by atoms with van der Waals surface area (Å²) in [4.78, 5) is 28.8. The number of ether oxygens (including phenoxy) is 1. The maximum Gasteiger partial charge on any atom is 0.338 e. The van der Waals surface area contributed by atoms with Gasteiger partial charge in [-0.15, -0.1) is 0 Å². The molecule has 156 valence electrons. The quantitative estimate of drug-likeness (QED) is 0.611. The van der Waals surface area contributed by atoms with E-state index >= 15 is 0 Å². The number of anilines is 1. The van der Waals surface area contributed by atoms with Crippen LogP contribution in [0, 0.1) is 0 Å². The summed E-state index contributed by atoms with van der Waals surface area (Å²) < 4.78 is 28.8. The van der Waals surface area contributed by atoms with Crippen molar-refractivity contribution in [3.05, 3.63) is 29.8 Å². The van der Waals surface area contributed by atoms with Gasteiger partial charge in [0.15, 0.2) is 15.9 Å². The van der Waals surface area contributed by atoms with E-state index in [1.165, 1.54) is 11.8 Å². The van der Waals surface area contributed by atoms with Crippen LogP contribution >= 0.6 is 0 Å². The fraction of sp³-hybridized carbons (Fsp3) is 0.600. The Hall–Kier alpha value is -2.09. The number of carbonyl (C=O) groups excluding carboxylic acids is 2. The molecule has 7 nitrogen and oxygen atoms in total. The molecule has 1 aliphatic heterocycles. The van der Waals surface area contributed by atoms with Gasteiger partial charge in [-0.25, -0.2) is 13.2 Å². The summed E-state index contributed by atoms with van der Waals surface area (Å²) in [5.41, 5.74) is 1.40. The lowest BCUT2D eigenvalue weighted by Crippen LogP contribution is -2.46. The number of hydrogen-bond acceptors (Lipinski definition) is 6. The summed E-state index contributed by atoms with van der Waals surface area (Å²) in [6.07, 6.45) is -0.548. The summed E-state index contributed by atoms with van der Waals surface area (Å²) in [5.74, 6) is -0.867. The third-order valence-electron chi connectivity index (χ3n) is 5.14. The van der Waals surface area contributed by atoms with Gasteiger partial charge < -0.3 is 14.5 Å². The molecular formula is C20H30N2O5S. The molecule has 0 bridgehead atoms. The fourth-order valence-corrected chi connectivity index (χ4v) is 5.26. The minimum Gasteiger partial charge on any atom is -0.449 e. The molecule has 0 spiro atoms. The lowest BCUT2D eigenvalue weighted by atomic mass is 10.2. The zero-order valence-corrected chi connectivity index (χ0v) is 17.9. The summed E-state index contributed by atoms with van der Waals surface area (Å²) in [6, 6.07) is 6.75. The highest BCUT2D eigenvalue weighted by Gasteiger charge is 2.36. The van der Waals surface area contributed by atoms with Gasteiger partial charge in [0.25, 0.3) is 5.91 Å². The topological polar surface area (TPSA) is 84.0 Å². The highest BCUT2D eigenvalue weighted by Crippen LogP contribution is 2.20. The van der Waals surface area contributed by atoms with E-state index in [0.29, 0.717) is 18.5 Å². The molecule has 28 heavy (non-hydrogen) atoms. The van der Waals surface area contributed by atoms with Crippen molar-refractivity contribution in [3.63, 3.8) is 0 Å². The minimum absolute atomic E-state index is 0.0277. The highest BCUT2D eigenvalue weighted by atomic mass is 32.2. The van der Waals surface area contributed by atoms with Gasteiger partial charge in [-0.1, -0.05) is 0 Å². The van der Waals surface area contributed by atoms with E-state index < -0.39 is 21.9 Å². The lowest BCUT2D eigenvalue weighted by Gasteiger charge is -2.29. The van der Waals surface area contributed by atoms with Gasteiger partial charge in [0, 0.05) is 31.4 Å². The van der Waals surface area contributed by atoms with Gasteiger partial charge in [0.05, 0.1) is 17.1 Å². The first-order chi connectivity index (χ1) is 13.2. The average molecular weight is 411 g/mol. The van der Waals surface area contributed by atoms with E-state index in [1.807, 2.05) is 12.1 Å². The van der Waals surface area contributed by atoms with E-state index in [0.717, 1.165) is 18.8 Å². The van der Waals surface area contributed by atoms with Gasteiger partial charge in [0.2, 0.25) is 0 Å². The Morgan fingerprint density at radius 3 is 2.18 bits per heavy atom. The smallest absolute Gasteiger partial charge is 0.338 e. The summed E-state index contributed by atoms with van der Waals surface area (Å²) in [7, 11) is -3.10. The van der Waals surface area contributed by atoms with E-state index in [-0.39, 0.29) is 23.5 Å². The van der Waals surface area contributed by atoms with Crippen LogP contribution in [-0.4, -0.2) is 68.5 Å². The van der Waals surface area contributed by atoms with Crippen LogP contribution in [0.2, 0.25) is 0 Å². The molecule has 0 radical (unpaired) electrons. The van der Waals surface area contributed by atoms with Crippen molar-refractivity contribution < 1.29 is 22.7 Å². The molecule has 8 heteroatoms. The molecule has 2 rings (SSSR count). The first-order valence-corrected chi connectivity index (χ1v) is 11.6. The van der Waals surface area contributed by atoms with Gasteiger partial charge in [-0.3, -0.25) is 4.79 Å². The SMILES string of the molecule is CCN(CC)c1ccc(C(=O)O[C@@H](C)C(=O)N(CC)[C@@H]2CCS(=O)(=O)C2)cc1. The van der Waals surface area contributed by atoms with E-state index in [1.54, 1.807) is 19.1 Å². The number of amides is 1. The Balaban J connectivity index is 2.01. The van der Waals surface area contributed by atoms with Crippen molar-refractivity contribution in [2.75, 3.05) is 36.0 Å². The van der Waals surface area contributed by atoms with Gasteiger partial charge in [0.1, 0.15) is 0 Å². The van der Waals surface area contributed by atoms with E-state index in [4.69, 9.17) is 4.74 Å². The Labute approximate surface area is 167 Å². The Morgan fingerprint density at radius 2 is 1.71 bits per heavy atom. The van der Waals surface area contributed by atoms with Crippen molar-refractivity contribution in [2.24, 2.45) is 0 Å². The summed E-state index contributed by atoms with van der Waals surface area (Å²) in [5, 5.41) is 0. The number of sulfone groups is 1. The summed E-state index contributed by atoms with van der Waals surface area (Å²) >= 11 is 0. The van der Waals surface area contributed by atoms with Crippen LogP contribution in [0.15, 0.2) is 24.3 Å². The number of esters is 1. The largest absolute Gasteiger partial charge is 0.449 e. The van der Waals surface area contributed by atoms with E-state index in [9.17, 15) is 18.0 Å². The number of likely N-dealkylation sites (N-methyl/N-ethyl adjacent to an activating group) is 1. The second kappa shape index (κ2) is 9.41. The van der Waals surface area contributed by atoms with E-state index in [2.05, 4.69) is 18.7 Å². The predicted molar refractivity (Wildman–Crippen MR) is 109 cm³/mol. The van der Waals surface area contributed by atoms with Crippen LogP contribution in [-0.2, 0) is 19.4 Å². The highest BCUT2D eigenvalue weighted by molar-refractivity contribution is 7.91. The molecule has 1 amide bonds. The average Bonchev–Trinajstić information content (AvgIpc) is 3.03. The fourth-order valence-electron chi connectivity index (χ4n) is 3.52. The van der Waals surface area contributed by atoms with Gasteiger partial charge >= 0.3 is 5.97 Å². The molecule has 0 saturated carbocycles. The van der Waals surface area contributed by atoms with Gasteiger partial charge in [-0.05, 0) is 58.4 Å². The molecule has 1 aromatic rings. The second-order valence-electron chi connectivity index (χ2n) is 6.95. The molecule has 1 aromatic carbocycles. The van der Waals surface area contributed by atoms with Gasteiger partial charge in [-0.2, -0.15) is 0 Å². The molecule has 1 saturated heterocycles. The number of benzene rings is 1. The van der Waals surface area contributed by atoms with Crippen molar-refractivity contribution >= 4 is 27.4 Å². The third-order valence-corrected chi connectivity index (χ3v) is 6.89. The third kappa shape index (κ3) is 5.25. The van der Waals surface area contributed by atoms with Crippen LogP contribution in [0.3, 0.4) is 0 Å². The maximum atomic E-state index is 12.7. The standard InChI is InChI=1S/C20H30N2O5S/c1-5-21(6-2)17-10-8-16(9-11-17)20(24)27-15(4)19(23)22(7-3)18-12-13-28(25,26)14-18/h8-11,15,18H,5-7,12-14H2,1-4H3/t15-,18+/m0/s1. The summed E-state index contributed by atoms with van der Waals surface area (Å²) in [6.45, 7) is 9.56. The van der Waals surface area contributed by atoms with Crippen LogP contribution < -0.4 is 4.90 Å². The van der Waals surface area contributed by atoms with Crippen molar-refractivity contribution in [3.8, 4) is 0 Å². The normalized spacial score (nSPS) is 19.1. The Kier molecular flexibility index (Phi) is 7.46. The number of rotatable bonds is 8. The van der Waals surface area contributed by atoms with Crippen LogP contribution in [0.4, 0.5) is 5.69 Å². The molecule has 1 fully saturated rings. The molecule has 2 atom stereocenters. The van der Waals surface area contributed by atoms with Crippen LogP contribution in [0.5, 0.6) is 0 Å². The zero-order valence-electron chi connectivity index (χ0n) is 17.1. The Morgan fingerprint density at radius 1 is 1.11 bits per heavy atom. The van der Waals surface area contributed by atoms with Crippen molar-refractivity contribution in [1.82, 2.24) is 4.90 Å². The Bertz CT molecular complexity index is 787. The first-order valence-electron chi connectivity index (χ1n) is 9.79. The lowest BCUT2D eigenvalue weighted by molar-refractivity contribution is -0.141. The minimum atomic E-state index is -3.10. The molecule has 0 aliphatic carbocycles. The predicted octanol–water partition coefficient (Wildman–Crippen LogP) is 2.11. The maximum absolute atomic E-state index is 12.7. The van der Waals surface area contributed by atoms with Crippen molar-refractivity contribution in [1.29, 1.82) is 0 Å². The second-order valence-corrected chi connectivity index (χ2v) is 9.18. The molecular weight excluding hydrogens is 380 g/mol. The molecule has 1 heterocycles. The van der Waals surface area contributed by atoms with Crippen molar-refractivity contribution in [2.45, 2.75) is 46.3 Å². The number of nitrogens with zero attached hydrogens (tertiary/aromatic N) is 2. The zero-order chi connectivity index (χ0) is 20.9. The van der Waals surface area contributed by atoms with Crippen LogP contribution in [0.25, 0.3) is 0 Å². The number of carbonyl (C=O) groups is 2. The number of hydrogen-bond donors (Lipinski definition) is 0. The first kappa shape index (κ1) is 22.2. The monoisotopic (exact) mass is 410 g/mol. The van der Waals surface area contributed by atoms with Crippen LogP contribution in [0.1, 0.15) is 44.5 Å². The molecule has 0 aromatic heterocycles. The molecule has 1 aliphatic rings.